The summed E-state index contributed by atoms with van der Waals surface area (Å²) in [5.74, 6) is 0.598. The highest BCUT2D eigenvalue weighted by Gasteiger charge is 2.33. The van der Waals surface area contributed by atoms with E-state index in [9.17, 15) is 16.8 Å². The van der Waals surface area contributed by atoms with Crippen LogP contribution in [0.15, 0.2) is 161 Å². The fourth-order valence-corrected chi connectivity index (χ4v) is 8.28. The van der Waals surface area contributed by atoms with E-state index >= 15 is 0 Å². The third-order valence-electron chi connectivity index (χ3n) is 7.92. The molecule has 0 bridgehead atoms. The Balaban J connectivity index is 1.60. The van der Waals surface area contributed by atoms with E-state index in [0.717, 1.165) is 22.3 Å². The molecule has 238 valence electrons. The maximum absolute atomic E-state index is 14.5. The molecule has 0 spiro atoms. The number of hydrogen-bond acceptors (Lipinski definition) is 4. The highest BCUT2D eigenvalue weighted by Crippen LogP contribution is 2.37. The van der Waals surface area contributed by atoms with E-state index in [4.69, 9.17) is 0 Å². The summed E-state index contributed by atoms with van der Waals surface area (Å²) in [7, 11) is -8.24. The highest BCUT2D eigenvalue weighted by atomic mass is 32.2. The molecular formula is C38H35N3O4S2. The summed E-state index contributed by atoms with van der Waals surface area (Å²) in [6.07, 6.45) is 0. The van der Waals surface area contributed by atoms with Crippen LogP contribution in [0, 0.1) is 13.8 Å². The second kappa shape index (κ2) is 13.3. The van der Waals surface area contributed by atoms with Gasteiger partial charge in [-0.15, -0.1) is 0 Å². The first-order chi connectivity index (χ1) is 22.6. The number of aryl methyl sites for hydroxylation is 2. The number of sulfonamides is 2. The van der Waals surface area contributed by atoms with E-state index in [1.165, 1.54) is 8.61 Å². The van der Waals surface area contributed by atoms with Crippen LogP contribution in [0.1, 0.15) is 22.3 Å². The molecule has 0 aliphatic heterocycles. The molecule has 9 heteroatoms. The van der Waals surface area contributed by atoms with Gasteiger partial charge in [-0.3, -0.25) is 4.57 Å². The number of hydrogen-bond donors (Lipinski definition) is 0. The number of anilines is 2. The third-order valence-corrected chi connectivity index (χ3v) is 11.4. The van der Waals surface area contributed by atoms with Gasteiger partial charge in [0.25, 0.3) is 20.0 Å². The quantitative estimate of drug-likeness (QED) is 0.142. The van der Waals surface area contributed by atoms with Crippen molar-refractivity contribution in [2.24, 2.45) is 0 Å². The molecule has 6 rings (SSSR count). The molecule has 0 N–H and O–H groups in total. The SMILES string of the molecule is Cc1ccc(S(=O)(=O)N(Cc2ccccc2)c2ccc(N(Cc3ccccc3)S(=O)(=O)c3ccc(C)cc3)n2-c2ccccc2)cc1. The summed E-state index contributed by atoms with van der Waals surface area (Å²) in [4.78, 5) is 0.268. The normalized spacial score (nSPS) is 11.7. The zero-order valence-corrected chi connectivity index (χ0v) is 27.8. The van der Waals surface area contributed by atoms with Gasteiger partial charge in [-0.1, -0.05) is 114 Å². The Morgan fingerprint density at radius 1 is 0.447 bits per heavy atom. The Kier molecular flexibility index (Phi) is 9.02. The fourth-order valence-electron chi connectivity index (χ4n) is 5.40. The summed E-state index contributed by atoms with van der Waals surface area (Å²) in [5, 5.41) is 0. The Morgan fingerprint density at radius 3 is 1.15 bits per heavy atom. The number of benzene rings is 5. The second-order valence-electron chi connectivity index (χ2n) is 11.3. The lowest BCUT2D eigenvalue weighted by molar-refractivity contribution is 0.589. The van der Waals surface area contributed by atoms with E-state index in [-0.39, 0.29) is 22.9 Å². The molecule has 47 heavy (non-hydrogen) atoms. The van der Waals surface area contributed by atoms with E-state index in [2.05, 4.69) is 0 Å². The molecule has 5 aromatic carbocycles. The van der Waals surface area contributed by atoms with Gasteiger partial charge in [-0.2, -0.15) is 0 Å². The molecule has 0 saturated carbocycles. The summed E-state index contributed by atoms with van der Waals surface area (Å²) >= 11 is 0. The minimum atomic E-state index is -4.12. The van der Waals surface area contributed by atoms with Crippen LogP contribution in [0.3, 0.4) is 0 Å². The summed E-state index contributed by atoms with van der Waals surface area (Å²) in [6.45, 7) is 3.86. The molecule has 1 heterocycles. The predicted molar refractivity (Wildman–Crippen MR) is 188 cm³/mol. The molecule has 1 aromatic heterocycles. The van der Waals surface area contributed by atoms with Gasteiger partial charge < -0.3 is 0 Å². The summed E-state index contributed by atoms with van der Waals surface area (Å²) in [5.41, 5.74) is 4.03. The van der Waals surface area contributed by atoms with Gasteiger partial charge in [0.1, 0.15) is 11.6 Å². The van der Waals surface area contributed by atoms with Crippen molar-refractivity contribution in [3.8, 4) is 5.69 Å². The van der Waals surface area contributed by atoms with Crippen LogP contribution >= 0.6 is 0 Å². The lowest BCUT2D eigenvalue weighted by Gasteiger charge is -2.30. The molecular weight excluding hydrogens is 627 g/mol. The van der Waals surface area contributed by atoms with Crippen molar-refractivity contribution < 1.29 is 16.8 Å². The Labute approximate surface area is 277 Å². The Hall–Kier alpha value is -5.12. The average Bonchev–Trinajstić information content (AvgIpc) is 3.52. The molecule has 0 radical (unpaired) electrons. The number of para-hydroxylation sites is 1. The van der Waals surface area contributed by atoms with Crippen LogP contribution in [0.2, 0.25) is 0 Å². The van der Waals surface area contributed by atoms with Gasteiger partial charge >= 0.3 is 0 Å². The highest BCUT2D eigenvalue weighted by molar-refractivity contribution is 7.93. The van der Waals surface area contributed by atoms with Crippen molar-refractivity contribution in [2.75, 3.05) is 8.61 Å². The van der Waals surface area contributed by atoms with Gasteiger partial charge in [0.2, 0.25) is 0 Å². The molecule has 0 fully saturated rings. The third kappa shape index (κ3) is 6.72. The smallest absolute Gasteiger partial charge is 0.265 e. The van der Waals surface area contributed by atoms with Crippen molar-refractivity contribution in [3.63, 3.8) is 0 Å². The predicted octanol–water partition coefficient (Wildman–Crippen LogP) is 7.89. The molecule has 0 atom stereocenters. The minimum Gasteiger partial charge on any atom is -0.281 e. The van der Waals surface area contributed by atoms with Crippen molar-refractivity contribution in [1.29, 1.82) is 0 Å². The van der Waals surface area contributed by atoms with Gasteiger partial charge in [0.05, 0.1) is 22.9 Å². The molecule has 0 unspecified atom stereocenters. The number of nitrogens with zero attached hydrogens (tertiary/aromatic N) is 3. The summed E-state index contributed by atoms with van der Waals surface area (Å²) in [6, 6.07) is 44.8. The molecule has 0 aliphatic carbocycles. The summed E-state index contributed by atoms with van der Waals surface area (Å²) < 4.78 is 62.5. The molecule has 7 nitrogen and oxygen atoms in total. The van der Waals surface area contributed by atoms with Crippen LogP contribution < -0.4 is 8.61 Å². The van der Waals surface area contributed by atoms with Crippen molar-refractivity contribution in [1.82, 2.24) is 4.57 Å². The topological polar surface area (TPSA) is 79.7 Å². The minimum absolute atomic E-state index is 0.0245. The van der Waals surface area contributed by atoms with Crippen molar-refractivity contribution in [3.05, 3.63) is 174 Å². The fraction of sp³-hybridized carbons (Fsp3) is 0.105. The van der Waals surface area contributed by atoms with Crippen LogP contribution in [0.25, 0.3) is 5.69 Å². The van der Waals surface area contributed by atoms with Gasteiger partial charge in [0, 0.05) is 5.69 Å². The Bertz CT molecular complexity index is 2030. The van der Waals surface area contributed by atoms with Crippen LogP contribution in [0.4, 0.5) is 11.6 Å². The van der Waals surface area contributed by atoms with Crippen LogP contribution in [-0.2, 0) is 33.1 Å². The zero-order chi connectivity index (χ0) is 33.0. The molecule has 0 saturated heterocycles. The maximum atomic E-state index is 14.5. The molecule has 0 amide bonds. The first-order valence-corrected chi connectivity index (χ1v) is 18.1. The van der Waals surface area contributed by atoms with Gasteiger partial charge in [-0.05, 0) is 73.5 Å². The van der Waals surface area contributed by atoms with E-state index in [1.54, 1.807) is 65.2 Å². The molecule has 6 aromatic rings. The van der Waals surface area contributed by atoms with Crippen molar-refractivity contribution in [2.45, 2.75) is 36.7 Å². The van der Waals surface area contributed by atoms with E-state index < -0.39 is 20.0 Å². The number of rotatable bonds is 11. The Morgan fingerprint density at radius 2 is 0.787 bits per heavy atom. The average molecular weight is 662 g/mol. The lowest BCUT2D eigenvalue weighted by Crippen LogP contribution is -2.34. The lowest BCUT2D eigenvalue weighted by atomic mass is 10.2. The monoisotopic (exact) mass is 661 g/mol. The van der Waals surface area contributed by atoms with Gasteiger partial charge in [0.15, 0.2) is 0 Å². The molecule has 0 aliphatic rings. The van der Waals surface area contributed by atoms with Crippen LogP contribution in [0.5, 0.6) is 0 Å². The maximum Gasteiger partial charge on any atom is 0.265 e. The van der Waals surface area contributed by atoms with Gasteiger partial charge in [-0.25, -0.2) is 25.4 Å². The zero-order valence-electron chi connectivity index (χ0n) is 26.1. The van der Waals surface area contributed by atoms with Crippen molar-refractivity contribution >= 4 is 31.7 Å². The second-order valence-corrected chi connectivity index (χ2v) is 15.1. The largest absolute Gasteiger partial charge is 0.281 e. The number of aromatic nitrogens is 1. The first kappa shape index (κ1) is 31.8. The standard InChI is InChI=1S/C38H35N3O4S2/c1-30-18-22-35(23-19-30)46(42,43)39(28-32-12-6-3-7-13-32)37-26-27-38(41(37)34-16-10-5-11-17-34)40(29-33-14-8-4-9-15-33)47(44,45)36-24-20-31(2)21-25-36/h3-27H,28-29H2,1-2H3. The van der Waals surface area contributed by atoms with Crippen LogP contribution in [-0.4, -0.2) is 21.4 Å². The first-order valence-electron chi connectivity index (χ1n) is 15.2. The van der Waals surface area contributed by atoms with E-state index in [0.29, 0.717) is 17.3 Å². The van der Waals surface area contributed by atoms with E-state index in [1.807, 2.05) is 105 Å².